The van der Waals surface area contributed by atoms with Crippen LogP contribution in [0, 0.1) is 0 Å². The third-order valence-corrected chi connectivity index (χ3v) is 4.29. The number of ether oxygens (including phenoxy) is 3. The molecule has 6 nitrogen and oxygen atoms in total. The van der Waals surface area contributed by atoms with E-state index in [-0.39, 0.29) is 12.5 Å². The molecule has 2 aromatic rings. The summed E-state index contributed by atoms with van der Waals surface area (Å²) in [5, 5.41) is 2.67. The molecule has 0 heterocycles. The van der Waals surface area contributed by atoms with Gasteiger partial charge in [-0.1, -0.05) is 49.4 Å². The van der Waals surface area contributed by atoms with Gasteiger partial charge in [0.25, 0.3) is 0 Å². The van der Waals surface area contributed by atoms with E-state index in [4.69, 9.17) is 14.2 Å². The van der Waals surface area contributed by atoms with Crippen LogP contribution in [0.1, 0.15) is 44.7 Å². The number of hydrogen-bond donors (Lipinski definition) is 1. The standard InChI is InChI=1S/C23H29NO5/c1-16(18-11-13-19(27-5)14-12-18)20(21(25)29-23(2,3)4)24-22(26)28-15-17-9-7-6-8-10-17/h6-14,16,20H,15H2,1-5H3,(H,24,26)/t16-,20+/m1/s1. The number of hydrogen-bond acceptors (Lipinski definition) is 5. The zero-order valence-corrected chi connectivity index (χ0v) is 17.6. The van der Waals surface area contributed by atoms with E-state index in [0.29, 0.717) is 5.75 Å². The first-order chi connectivity index (χ1) is 13.7. The van der Waals surface area contributed by atoms with Crippen molar-refractivity contribution >= 4 is 12.1 Å². The fourth-order valence-corrected chi connectivity index (χ4v) is 2.74. The zero-order valence-electron chi connectivity index (χ0n) is 17.6. The molecule has 2 aromatic carbocycles. The van der Waals surface area contributed by atoms with Crippen molar-refractivity contribution < 1.29 is 23.8 Å². The van der Waals surface area contributed by atoms with Gasteiger partial charge in [-0.15, -0.1) is 0 Å². The number of nitrogens with one attached hydrogen (secondary N) is 1. The second kappa shape index (κ2) is 9.96. The van der Waals surface area contributed by atoms with Gasteiger partial charge in [-0.3, -0.25) is 0 Å². The van der Waals surface area contributed by atoms with Crippen LogP contribution in [0.5, 0.6) is 5.75 Å². The monoisotopic (exact) mass is 399 g/mol. The van der Waals surface area contributed by atoms with Crippen molar-refractivity contribution in [2.45, 2.75) is 51.9 Å². The molecule has 0 saturated heterocycles. The molecule has 0 unspecified atom stereocenters. The first-order valence-electron chi connectivity index (χ1n) is 9.53. The molecule has 1 amide bonds. The summed E-state index contributed by atoms with van der Waals surface area (Å²) in [5.41, 5.74) is 1.05. The van der Waals surface area contributed by atoms with Gasteiger partial charge in [0.15, 0.2) is 0 Å². The molecule has 0 saturated carbocycles. The van der Waals surface area contributed by atoms with Crippen molar-refractivity contribution in [3.05, 3.63) is 65.7 Å². The predicted octanol–water partition coefficient (Wildman–Crippen LogP) is 4.44. The number of esters is 1. The summed E-state index contributed by atoms with van der Waals surface area (Å²) in [4.78, 5) is 25.2. The van der Waals surface area contributed by atoms with E-state index < -0.39 is 23.7 Å². The Labute approximate surface area is 172 Å². The largest absolute Gasteiger partial charge is 0.497 e. The second-order valence-corrected chi connectivity index (χ2v) is 7.78. The molecule has 2 rings (SSSR count). The summed E-state index contributed by atoms with van der Waals surface area (Å²) in [7, 11) is 1.59. The number of methoxy groups -OCH3 is 1. The van der Waals surface area contributed by atoms with Gasteiger partial charge < -0.3 is 19.5 Å². The van der Waals surface area contributed by atoms with Crippen LogP contribution in [0.15, 0.2) is 54.6 Å². The molecule has 156 valence electrons. The maximum atomic E-state index is 12.8. The smallest absolute Gasteiger partial charge is 0.408 e. The zero-order chi connectivity index (χ0) is 21.4. The van der Waals surface area contributed by atoms with Crippen molar-refractivity contribution in [2.24, 2.45) is 0 Å². The number of benzene rings is 2. The average Bonchev–Trinajstić information content (AvgIpc) is 2.69. The molecule has 1 N–H and O–H groups in total. The lowest BCUT2D eigenvalue weighted by Crippen LogP contribution is -2.47. The van der Waals surface area contributed by atoms with Crippen molar-refractivity contribution in [1.82, 2.24) is 5.32 Å². The maximum absolute atomic E-state index is 12.8. The number of carbonyl (C=O) groups is 2. The first-order valence-corrected chi connectivity index (χ1v) is 9.53. The highest BCUT2D eigenvalue weighted by molar-refractivity contribution is 5.82. The minimum absolute atomic E-state index is 0.116. The molecule has 2 atom stereocenters. The van der Waals surface area contributed by atoms with Gasteiger partial charge >= 0.3 is 12.1 Å². The van der Waals surface area contributed by atoms with Crippen molar-refractivity contribution in [3.63, 3.8) is 0 Å². The molecule has 0 aliphatic carbocycles. The van der Waals surface area contributed by atoms with E-state index in [2.05, 4.69) is 5.32 Å². The Morgan fingerprint density at radius 1 is 1.00 bits per heavy atom. The van der Waals surface area contributed by atoms with E-state index in [0.717, 1.165) is 11.1 Å². The van der Waals surface area contributed by atoms with E-state index in [1.54, 1.807) is 27.9 Å². The normalized spacial score (nSPS) is 13.1. The molecule has 6 heteroatoms. The molecule has 29 heavy (non-hydrogen) atoms. The predicted molar refractivity (Wildman–Crippen MR) is 111 cm³/mol. The molecule has 0 fully saturated rings. The highest BCUT2D eigenvalue weighted by Crippen LogP contribution is 2.24. The van der Waals surface area contributed by atoms with Crippen molar-refractivity contribution in [3.8, 4) is 5.75 Å². The fourth-order valence-electron chi connectivity index (χ4n) is 2.74. The summed E-state index contributed by atoms with van der Waals surface area (Å²) in [6.07, 6.45) is -0.676. The van der Waals surface area contributed by atoms with Gasteiger partial charge in [0.05, 0.1) is 7.11 Å². The number of carbonyl (C=O) groups excluding carboxylic acids is 2. The van der Waals surface area contributed by atoms with Crippen LogP contribution in [0.25, 0.3) is 0 Å². The molecule has 0 aliphatic heterocycles. The van der Waals surface area contributed by atoms with Crippen LogP contribution in [0.2, 0.25) is 0 Å². The Hall–Kier alpha value is -3.02. The highest BCUT2D eigenvalue weighted by Gasteiger charge is 2.32. The molecule has 0 spiro atoms. The second-order valence-electron chi connectivity index (χ2n) is 7.78. The van der Waals surface area contributed by atoms with Crippen LogP contribution < -0.4 is 10.1 Å². The third kappa shape index (κ3) is 7.14. The highest BCUT2D eigenvalue weighted by atomic mass is 16.6. The van der Waals surface area contributed by atoms with E-state index in [1.807, 2.05) is 61.5 Å². The number of amides is 1. The van der Waals surface area contributed by atoms with Crippen LogP contribution in [0.3, 0.4) is 0 Å². The quantitative estimate of drug-likeness (QED) is 0.697. The lowest BCUT2D eigenvalue weighted by molar-refractivity contribution is -0.157. The van der Waals surface area contributed by atoms with Gasteiger partial charge in [0.1, 0.15) is 24.0 Å². The summed E-state index contributed by atoms with van der Waals surface area (Å²) < 4.78 is 16.0. The van der Waals surface area contributed by atoms with E-state index in [9.17, 15) is 9.59 Å². The fraction of sp³-hybridized carbons (Fsp3) is 0.391. The lowest BCUT2D eigenvalue weighted by atomic mass is 9.93. The summed E-state index contributed by atoms with van der Waals surface area (Å²) in [6.45, 7) is 7.33. The van der Waals surface area contributed by atoms with Gasteiger partial charge in [-0.05, 0) is 44.0 Å². The SMILES string of the molecule is COc1ccc([C@@H](C)[C@H](NC(=O)OCc2ccccc2)C(=O)OC(C)(C)C)cc1. The Morgan fingerprint density at radius 2 is 1.62 bits per heavy atom. The molecular formula is C23H29NO5. The number of alkyl carbamates (subject to hydrolysis) is 1. The van der Waals surface area contributed by atoms with Crippen LogP contribution in [0.4, 0.5) is 4.79 Å². The Balaban J connectivity index is 2.12. The Bertz CT molecular complexity index is 796. The van der Waals surface area contributed by atoms with E-state index >= 15 is 0 Å². The third-order valence-electron chi connectivity index (χ3n) is 4.29. The summed E-state index contributed by atoms with van der Waals surface area (Å²) in [6, 6.07) is 15.8. The number of rotatable bonds is 7. The first kappa shape index (κ1) is 22.3. The van der Waals surface area contributed by atoms with Crippen molar-refractivity contribution in [2.75, 3.05) is 7.11 Å². The topological polar surface area (TPSA) is 73.9 Å². The molecule has 0 radical (unpaired) electrons. The lowest BCUT2D eigenvalue weighted by Gasteiger charge is -2.28. The van der Waals surface area contributed by atoms with Crippen LogP contribution >= 0.6 is 0 Å². The minimum Gasteiger partial charge on any atom is -0.497 e. The maximum Gasteiger partial charge on any atom is 0.408 e. The molecule has 0 aromatic heterocycles. The molecule has 0 bridgehead atoms. The van der Waals surface area contributed by atoms with Gasteiger partial charge in [0, 0.05) is 5.92 Å². The van der Waals surface area contributed by atoms with Gasteiger partial charge in [-0.2, -0.15) is 0 Å². The Kier molecular flexibility index (Phi) is 7.65. The summed E-state index contributed by atoms with van der Waals surface area (Å²) in [5.74, 6) is -0.137. The van der Waals surface area contributed by atoms with Crippen LogP contribution in [-0.2, 0) is 20.9 Å². The average molecular weight is 399 g/mol. The summed E-state index contributed by atoms with van der Waals surface area (Å²) >= 11 is 0. The molecular weight excluding hydrogens is 370 g/mol. The minimum atomic E-state index is -0.897. The van der Waals surface area contributed by atoms with Gasteiger partial charge in [-0.25, -0.2) is 9.59 Å². The Morgan fingerprint density at radius 3 is 2.17 bits per heavy atom. The van der Waals surface area contributed by atoms with Gasteiger partial charge in [0.2, 0.25) is 0 Å². The van der Waals surface area contributed by atoms with E-state index in [1.165, 1.54) is 0 Å². The molecule has 0 aliphatic rings. The van der Waals surface area contributed by atoms with Crippen LogP contribution in [-0.4, -0.2) is 30.8 Å². The van der Waals surface area contributed by atoms with Crippen molar-refractivity contribution in [1.29, 1.82) is 0 Å².